The van der Waals surface area contributed by atoms with Crippen LogP contribution < -0.4 is 9.47 Å². The Labute approximate surface area is 171 Å². The average Bonchev–Trinajstić information content (AvgIpc) is 3.44. The van der Waals surface area contributed by atoms with Gasteiger partial charge in [-0.1, -0.05) is 24.3 Å². The van der Waals surface area contributed by atoms with Crippen molar-refractivity contribution in [1.82, 2.24) is 9.91 Å². The molecule has 1 amide bonds. The average molecular weight is 393 g/mol. The lowest BCUT2D eigenvalue weighted by Gasteiger charge is -2.17. The van der Waals surface area contributed by atoms with E-state index in [1.807, 2.05) is 48.5 Å². The second-order valence-corrected chi connectivity index (χ2v) is 7.42. The minimum absolute atomic E-state index is 0.119. The van der Waals surface area contributed by atoms with E-state index in [0.29, 0.717) is 13.0 Å². The number of ether oxygens (including phenoxy) is 2. The third-order valence-corrected chi connectivity index (χ3v) is 5.61. The standard InChI is InChI=1S/C23H27N3O3/c1-28-19-10-8-18(9-11-19)22-16-21(24-26(22)17-27)20-6-2-3-7-23(20)29-15-14-25-12-4-5-13-25/h2-3,6-11,17,22H,4-5,12-16H2,1H3. The highest BCUT2D eigenvalue weighted by Gasteiger charge is 2.30. The molecule has 2 aromatic carbocycles. The molecule has 0 spiro atoms. The summed E-state index contributed by atoms with van der Waals surface area (Å²) in [6.07, 6.45) is 4.00. The van der Waals surface area contributed by atoms with Crippen LogP contribution in [0.2, 0.25) is 0 Å². The fourth-order valence-electron chi connectivity index (χ4n) is 4.01. The summed E-state index contributed by atoms with van der Waals surface area (Å²) in [5.41, 5.74) is 2.86. The molecule has 6 nitrogen and oxygen atoms in total. The summed E-state index contributed by atoms with van der Waals surface area (Å²) in [6, 6.07) is 15.6. The molecule has 2 aliphatic rings. The van der Waals surface area contributed by atoms with Crippen molar-refractivity contribution in [2.45, 2.75) is 25.3 Å². The number of rotatable bonds is 8. The second-order valence-electron chi connectivity index (χ2n) is 7.42. The zero-order valence-corrected chi connectivity index (χ0v) is 16.8. The lowest BCUT2D eigenvalue weighted by molar-refractivity contribution is -0.119. The van der Waals surface area contributed by atoms with Gasteiger partial charge in [0.1, 0.15) is 18.1 Å². The number of benzene rings is 2. The Morgan fingerprint density at radius 2 is 1.86 bits per heavy atom. The van der Waals surface area contributed by atoms with Crippen LogP contribution in [0, 0.1) is 0 Å². The maximum Gasteiger partial charge on any atom is 0.230 e. The van der Waals surface area contributed by atoms with Crippen molar-refractivity contribution >= 4 is 12.1 Å². The number of amides is 1. The first kappa shape index (κ1) is 19.5. The second kappa shape index (κ2) is 9.09. The molecule has 2 aromatic rings. The summed E-state index contributed by atoms with van der Waals surface area (Å²) in [7, 11) is 1.64. The van der Waals surface area contributed by atoms with Crippen LogP contribution in [-0.2, 0) is 4.79 Å². The molecular formula is C23H27N3O3. The van der Waals surface area contributed by atoms with Crippen LogP contribution in [0.5, 0.6) is 11.5 Å². The van der Waals surface area contributed by atoms with Crippen LogP contribution in [0.1, 0.15) is 36.4 Å². The number of para-hydroxylation sites is 1. The zero-order chi connectivity index (χ0) is 20.1. The molecule has 1 unspecified atom stereocenters. The Hall–Kier alpha value is -2.86. The van der Waals surface area contributed by atoms with Crippen molar-refractivity contribution in [1.29, 1.82) is 0 Å². The molecule has 6 heteroatoms. The number of carbonyl (C=O) groups excluding carboxylic acids is 1. The van der Waals surface area contributed by atoms with E-state index in [2.05, 4.69) is 10.0 Å². The van der Waals surface area contributed by atoms with Gasteiger partial charge in [0.05, 0.1) is 18.9 Å². The van der Waals surface area contributed by atoms with Gasteiger partial charge in [0, 0.05) is 18.5 Å². The highest BCUT2D eigenvalue weighted by Crippen LogP contribution is 2.34. The molecule has 2 heterocycles. The highest BCUT2D eigenvalue weighted by atomic mass is 16.5. The van der Waals surface area contributed by atoms with E-state index >= 15 is 0 Å². The number of nitrogens with zero attached hydrogens (tertiary/aromatic N) is 3. The molecule has 0 N–H and O–H groups in total. The minimum Gasteiger partial charge on any atom is -0.497 e. The van der Waals surface area contributed by atoms with Gasteiger partial charge in [-0.05, 0) is 55.8 Å². The van der Waals surface area contributed by atoms with Crippen molar-refractivity contribution in [2.75, 3.05) is 33.4 Å². The topological polar surface area (TPSA) is 54.4 Å². The molecule has 0 aromatic heterocycles. The zero-order valence-electron chi connectivity index (χ0n) is 16.8. The monoisotopic (exact) mass is 393 g/mol. The Morgan fingerprint density at radius 1 is 1.10 bits per heavy atom. The Morgan fingerprint density at radius 3 is 2.59 bits per heavy atom. The van der Waals surface area contributed by atoms with Gasteiger partial charge in [0.15, 0.2) is 0 Å². The van der Waals surface area contributed by atoms with Crippen molar-refractivity contribution < 1.29 is 14.3 Å². The SMILES string of the molecule is COc1ccc(C2CC(c3ccccc3OCCN3CCCC3)=NN2C=O)cc1. The third-order valence-electron chi connectivity index (χ3n) is 5.61. The van der Waals surface area contributed by atoms with Gasteiger partial charge in [0.25, 0.3) is 0 Å². The Balaban J connectivity index is 1.48. The first-order valence-electron chi connectivity index (χ1n) is 10.2. The summed E-state index contributed by atoms with van der Waals surface area (Å²) in [4.78, 5) is 14.1. The smallest absolute Gasteiger partial charge is 0.230 e. The van der Waals surface area contributed by atoms with Gasteiger partial charge in [-0.15, -0.1) is 0 Å². The molecule has 1 atom stereocenters. The van der Waals surface area contributed by atoms with Gasteiger partial charge in [-0.2, -0.15) is 5.10 Å². The van der Waals surface area contributed by atoms with Gasteiger partial charge in [0.2, 0.25) is 6.41 Å². The molecule has 29 heavy (non-hydrogen) atoms. The molecule has 1 fully saturated rings. The lowest BCUT2D eigenvalue weighted by Crippen LogP contribution is -2.25. The van der Waals surface area contributed by atoms with Crippen molar-refractivity contribution in [3.05, 3.63) is 59.7 Å². The lowest BCUT2D eigenvalue weighted by atomic mass is 9.98. The molecule has 0 aliphatic carbocycles. The van der Waals surface area contributed by atoms with Crippen molar-refractivity contribution in [3.63, 3.8) is 0 Å². The molecule has 152 valence electrons. The minimum atomic E-state index is -0.119. The number of likely N-dealkylation sites (tertiary alicyclic amines) is 1. The van der Waals surface area contributed by atoms with Crippen LogP contribution in [0.15, 0.2) is 53.6 Å². The maximum absolute atomic E-state index is 11.7. The van der Waals surface area contributed by atoms with Gasteiger partial charge in [-0.3, -0.25) is 9.69 Å². The van der Waals surface area contributed by atoms with E-state index in [0.717, 1.165) is 54.4 Å². The van der Waals surface area contributed by atoms with E-state index in [-0.39, 0.29) is 6.04 Å². The number of hydrogen-bond acceptors (Lipinski definition) is 5. The fraction of sp³-hybridized carbons (Fsp3) is 0.391. The molecule has 2 aliphatic heterocycles. The number of carbonyl (C=O) groups is 1. The normalized spacial score (nSPS) is 19.3. The first-order chi connectivity index (χ1) is 14.3. The number of methoxy groups -OCH3 is 1. The summed E-state index contributed by atoms with van der Waals surface area (Å²) in [6.45, 7) is 3.92. The van der Waals surface area contributed by atoms with Crippen LogP contribution in [0.4, 0.5) is 0 Å². The fourth-order valence-corrected chi connectivity index (χ4v) is 4.01. The van der Waals surface area contributed by atoms with Crippen LogP contribution in [0.25, 0.3) is 0 Å². The van der Waals surface area contributed by atoms with E-state index in [9.17, 15) is 4.79 Å². The van der Waals surface area contributed by atoms with Gasteiger partial charge < -0.3 is 9.47 Å². The summed E-state index contributed by atoms with van der Waals surface area (Å²) in [5, 5.41) is 6.08. The Bertz CT molecular complexity index is 860. The summed E-state index contributed by atoms with van der Waals surface area (Å²) in [5.74, 6) is 1.62. The quantitative estimate of drug-likeness (QED) is 0.645. The Kier molecular flexibility index (Phi) is 6.10. The molecular weight excluding hydrogens is 366 g/mol. The van der Waals surface area contributed by atoms with E-state index in [1.54, 1.807) is 7.11 Å². The molecule has 1 saturated heterocycles. The van der Waals surface area contributed by atoms with Crippen LogP contribution >= 0.6 is 0 Å². The van der Waals surface area contributed by atoms with E-state index in [1.165, 1.54) is 17.9 Å². The van der Waals surface area contributed by atoms with Gasteiger partial charge in [-0.25, -0.2) is 5.01 Å². The molecule has 0 bridgehead atoms. The van der Waals surface area contributed by atoms with Crippen LogP contribution in [0.3, 0.4) is 0 Å². The van der Waals surface area contributed by atoms with Crippen molar-refractivity contribution in [3.8, 4) is 11.5 Å². The number of hydrogen-bond donors (Lipinski definition) is 0. The predicted octanol–water partition coefficient (Wildman–Crippen LogP) is 3.48. The van der Waals surface area contributed by atoms with Crippen molar-refractivity contribution in [2.24, 2.45) is 5.10 Å². The third kappa shape index (κ3) is 4.43. The van der Waals surface area contributed by atoms with Gasteiger partial charge >= 0.3 is 0 Å². The first-order valence-corrected chi connectivity index (χ1v) is 10.2. The highest BCUT2D eigenvalue weighted by molar-refractivity contribution is 6.04. The number of hydrazone groups is 1. The summed E-state index contributed by atoms with van der Waals surface area (Å²) >= 11 is 0. The molecule has 0 saturated carbocycles. The largest absolute Gasteiger partial charge is 0.497 e. The van der Waals surface area contributed by atoms with E-state index in [4.69, 9.17) is 9.47 Å². The summed E-state index contributed by atoms with van der Waals surface area (Å²) < 4.78 is 11.3. The predicted molar refractivity (Wildman–Crippen MR) is 112 cm³/mol. The van der Waals surface area contributed by atoms with Crippen LogP contribution in [-0.4, -0.2) is 55.4 Å². The van der Waals surface area contributed by atoms with E-state index < -0.39 is 0 Å². The molecule has 0 radical (unpaired) electrons. The molecule has 4 rings (SSSR count). The maximum atomic E-state index is 11.7.